The monoisotopic (exact) mass is 376 g/mol. The Morgan fingerprint density at radius 3 is 2.46 bits per heavy atom. The van der Waals surface area contributed by atoms with Gasteiger partial charge >= 0.3 is 0 Å². The van der Waals surface area contributed by atoms with Gasteiger partial charge in [-0.05, 0) is 62.4 Å². The van der Waals surface area contributed by atoms with E-state index in [1.807, 2.05) is 44.0 Å². The Bertz CT molecular complexity index is 780. The van der Waals surface area contributed by atoms with Crippen LogP contribution in [0, 0.1) is 6.92 Å². The fourth-order valence-electron chi connectivity index (χ4n) is 2.61. The Kier molecular flexibility index (Phi) is 6.89. The van der Waals surface area contributed by atoms with Gasteiger partial charge in [0.2, 0.25) is 5.91 Å². The predicted molar refractivity (Wildman–Crippen MR) is 105 cm³/mol. The van der Waals surface area contributed by atoms with E-state index in [4.69, 9.17) is 21.1 Å². The van der Waals surface area contributed by atoms with E-state index >= 15 is 0 Å². The summed E-state index contributed by atoms with van der Waals surface area (Å²) >= 11 is 5.96. The summed E-state index contributed by atoms with van der Waals surface area (Å²) in [6.07, 6.45) is 0. The Hall–Kier alpha value is -2.24. The van der Waals surface area contributed by atoms with Crippen LogP contribution in [-0.4, -0.2) is 38.1 Å². The third-order valence-electron chi connectivity index (χ3n) is 4.39. The number of anilines is 1. The first-order chi connectivity index (χ1) is 12.3. The molecule has 0 aliphatic rings. The minimum Gasteiger partial charge on any atom is -0.493 e. The first-order valence-corrected chi connectivity index (χ1v) is 8.71. The Morgan fingerprint density at radius 2 is 1.85 bits per heavy atom. The first kappa shape index (κ1) is 20.1. The van der Waals surface area contributed by atoms with E-state index in [-0.39, 0.29) is 11.9 Å². The van der Waals surface area contributed by atoms with E-state index in [0.717, 1.165) is 11.1 Å². The highest BCUT2D eigenvalue weighted by atomic mass is 35.5. The molecule has 1 N–H and O–H groups in total. The summed E-state index contributed by atoms with van der Waals surface area (Å²) in [4.78, 5) is 14.5. The van der Waals surface area contributed by atoms with E-state index < -0.39 is 0 Å². The number of rotatable bonds is 7. The molecule has 0 saturated heterocycles. The van der Waals surface area contributed by atoms with Crippen molar-refractivity contribution in [1.29, 1.82) is 0 Å². The van der Waals surface area contributed by atoms with Crippen LogP contribution in [0.5, 0.6) is 11.5 Å². The maximum atomic E-state index is 12.5. The van der Waals surface area contributed by atoms with Crippen LogP contribution in [0.4, 0.5) is 5.69 Å². The zero-order valence-corrected chi connectivity index (χ0v) is 16.6. The standard InChI is InChI=1S/C20H25ClN2O3/c1-13-9-18(25-4)19(26-5)10-15(13)12-23(3)14(2)20(24)22-17-8-6-7-16(21)11-17/h6-11,14H,12H2,1-5H3,(H,22,24)/t14-/m1/s1. The van der Waals surface area contributed by atoms with Crippen LogP contribution < -0.4 is 14.8 Å². The van der Waals surface area contributed by atoms with Crippen LogP contribution in [0.1, 0.15) is 18.1 Å². The molecule has 5 nitrogen and oxygen atoms in total. The number of ether oxygens (including phenoxy) is 2. The maximum absolute atomic E-state index is 12.5. The maximum Gasteiger partial charge on any atom is 0.241 e. The van der Waals surface area contributed by atoms with Crippen LogP contribution >= 0.6 is 11.6 Å². The van der Waals surface area contributed by atoms with Gasteiger partial charge in [-0.2, -0.15) is 0 Å². The van der Waals surface area contributed by atoms with Crippen LogP contribution in [0.3, 0.4) is 0 Å². The Labute approximate surface area is 159 Å². The summed E-state index contributed by atoms with van der Waals surface area (Å²) in [7, 11) is 5.14. The zero-order valence-electron chi connectivity index (χ0n) is 15.8. The van der Waals surface area contributed by atoms with Crippen molar-refractivity contribution in [2.24, 2.45) is 0 Å². The number of carbonyl (C=O) groups excluding carboxylic acids is 1. The number of hydrogen-bond acceptors (Lipinski definition) is 4. The lowest BCUT2D eigenvalue weighted by molar-refractivity contribution is -0.120. The molecule has 0 fully saturated rings. The van der Waals surface area contributed by atoms with E-state index in [1.165, 1.54) is 0 Å². The number of hydrogen-bond donors (Lipinski definition) is 1. The molecule has 6 heteroatoms. The molecule has 0 saturated carbocycles. The second kappa shape index (κ2) is 8.92. The molecule has 1 atom stereocenters. The number of carbonyl (C=O) groups is 1. The average Bonchev–Trinajstić information content (AvgIpc) is 2.62. The quantitative estimate of drug-likeness (QED) is 0.789. The number of aryl methyl sites for hydroxylation is 1. The third-order valence-corrected chi connectivity index (χ3v) is 4.63. The lowest BCUT2D eigenvalue weighted by Gasteiger charge is -2.25. The van der Waals surface area contributed by atoms with Crippen molar-refractivity contribution >= 4 is 23.2 Å². The molecule has 0 heterocycles. The molecule has 140 valence electrons. The van der Waals surface area contributed by atoms with Crippen molar-refractivity contribution in [3.05, 3.63) is 52.5 Å². The number of nitrogens with zero attached hydrogens (tertiary/aromatic N) is 1. The summed E-state index contributed by atoms with van der Waals surface area (Å²) < 4.78 is 10.7. The number of benzene rings is 2. The van der Waals surface area contributed by atoms with Gasteiger partial charge in [0.15, 0.2) is 11.5 Å². The fraction of sp³-hybridized carbons (Fsp3) is 0.350. The van der Waals surface area contributed by atoms with Gasteiger partial charge in [-0.15, -0.1) is 0 Å². The second-order valence-electron chi connectivity index (χ2n) is 6.22. The largest absolute Gasteiger partial charge is 0.493 e. The molecule has 26 heavy (non-hydrogen) atoms. The topological polar surface area (TPSA) is 50.8 Å². The van der Waals surface area contributed by atoms with Crippen molar-refractivity contribution in [3.63, 3.8) is 0 Å². The normalized spacial score (nSPS) is 12.0. The van der Waals surface area contributed by atoms with E-state index in [1.54, 1.807) is 32.4 Å². The SMILES string of the molecule is COc1cc(C)c(CN(C)[C@H](C)C(=O)Nc2cccc(Cl)c2)cc1OC. The van der Waals surface area contributed by atoms with Gasteiger partial charge in [-0.1, -0.05) is 17.7 Å². The molecule has 2 rings (SSSR count). The third kappa shape index (κ3) is 4.90. The number of nitrogens with one attached hydrogen (secondary N) is 1. The number of amides is 1. The van der Waals surface area contributed by atoms with Gasteiger partial charge in [0.05, 0.1) is 20.3 Å². The number of methoxy groups -OCH3 is 2. The molecule has 2 aromatic rings. The van der Waals surface area contributed by atoms with Crippen molar-refractivity contribution < 1.29 is 14.3 Å². The van der Waals surface area contributed by atoms with Crippen LogP contribution in [0.2, 0.25) is 5.02 Å². The van der Waals surface area contributed by atoms with E-state index in [9.17, 15) is 4.79 Å². The molecular weight excluding hydrogens is 352 g/mol. The fourth-order valence-corrected chi connectivity index (χ4v) is 2.80. The van der Waals surface area contributed by atoms with Gasteiger partial charge in [-0.3, -0.25) is 9.69 Å². The molecule has 2 aromatic carbocycles. The van der Waals surface area contributed by atoms with Crippen molar-refractivity contribution in [2.45, 2.75) is 26.4 Å². The summed E-state index contributed by atoms with van der Waals surface area (Å²) in [6.45, 7) is 4.49. The molecule has 0 unspecified atom stereocenters. The molecule has 0 aromatic heterocycles. The van der Waals surface area contributed by atoms with Gasteiger partial charge in [-0.25, -0.2) is 0 Å². The molecule has 0 aliphatic carbocycles. The summed E-state index contributed by atoms with van der Waals surface area (Å²) in [5.41, 5.74) is 2.84. The van der Waals surface area contributed by atoms with E-state index in [0.29, 0.717) is 28.8 Å². The predicted octanol–water partition coefficient (Wildman–Crippen LogP) is 4.12. The van der Waals surface area contributed by atoms with Crippen LogP contribution in [0.15, 0.2) is 36.4 Å². The smallest absolute Gasteiger partial charge is 0.241 e. The second-order valence-corrected chi connectivity index (χ2v) is 6.66. The lowest BCUT2D eigenvalue weighted by Crippen LogP contribution is -2.39. The highest BCUT2D eigenvalue weighted by molar-refractivity contribution is 6.30. The minimum atomic E-state index is -0.318. The molecule has 1 amide bonds. The number of halogens is 1. The van der Waals surface area contributed by atoms with Gasteiger partial charge in [0.1, 0.15) is 0 Å². The molecule has 0 aliphatic heterocycles. The summed E-state index contributed by atoms with van der Waals surface area (Å²) in [5.74, 6) is 1.29. The van der Waals surface area contributed by atoms with Crippen LogP contribution in [-0.2, 0) is 11.3 Å². The highest BCUT2D eigenvalue weighted by Gasteiger charge is 2.20. The Morgan fingerprint density at radius 1 is 1.19 bits per heavy atom. The average molecular weight is 377 g/mol. The van der Waals surface area contributed by atoms with Crippen molar-refractivity contribution in [1.82, 2.24) is 4.90 Å². The molecule has 0 bridgehead atoms. The summed E-state index contributed by atoms with van der Waals surface area (Å²) in [5, 5.41) is 3.48. The lowest BCUT2D eigenvalue weighted by atomic mass is 10.1. The van der Waals surface area contributed by atoms with Gasteiger partial charge in [0, 0.05) is 17.3 Å². The zero-order chi connectivity index (χ0) is 19.3. The molecular formula is C20H25ClN2O3. The van der Waals surface area contributed by atoms with Gasteiger partial charge < -0.3 is 14.8 Å². The highest BCUT2D eigenvalue weighted by Crippen LogP contribution is 2.31. The number of likely N-dealkylation sites (N-methyl/N-ethyl adjacent to an activating group) is 1. The van der Waals surface area contributed by atoms with Crippen molar-refractivity contribution in [3.8, 4) is 11.5 Å². The van der Waals surface area contributed by atoms with Crippen LogP contribution in [0.25, 0.3) is 0 Å². The van der Waals surface area contributed by atoms with Crippen molar-refractivity contribution in [2.75, 3.05) is 26.6 Å². The molecule has 0 spiro atoms. The minimum absolute atomic E-state index is 0.0899. The first-order valence-electron chi connectivity index (χ1n) is 8.34. The Balaban J connectivity index is 2.08. The van der Waals surface area contributed by atoms with Gasteiger partial charge in [0.25, 0.3) is 0 Å². The molecule has 0 radical (unpaired) electrons. The summed E-state index contributed by atoms with van der Waals surface area (Å²) in [6, 6.07) is 10.7. The van der Waals surface area contributed by atoms with E-state index in [2.05, 4.69) is 5.32 Å².